The van der Waals surface area contributed by atoms with Crippen molar-refractivity contribution in [2.45, 2.75) is 20.3 Å². The van der Waals surface area contributed by atoms with Gasteiger partial charge in [-0.15, -0.1) is 0 Å². The van der Waals surface area contributed by atoms with Gasteiger partial charge in [0.1, 0.15) is 5.75 Å². The fourth-order valence-corrected chi connectivity index (χ4v) is 3.09. The van der Waals surface area contributed by atoms with Crippen LogP contribution < -0.4 is 9.64 Å². The number of Topliss-reactive ketones (excluding diaryl/α,β-unsaturated/α-hetero) is 1. The summed E-state index contributed by atoms with van der Waals surface area (Å²) in [6.07, 6.45) is 0.634. The summed E-state index contributed by atoms with van der Waals surface area (Å²) in [7, 11) is 0. The summed E-state index contributed by atoms with van der Waals surface area (Å²) in [6, 6.07) is 11.0. The third-order valence-corrected chi connectivity index (χ3v) is 4.35. The molecule has 0 spiro atoms. The molecule has 0 saturated heterocycles. The highest BCUT2D eigenvalue weighted by Crippen LogP contribution is 2.31. The van der Waals surface area contributed by atoms with Crippen molar-refractivity contribution < 1.29 is 14.3 Å². The molecule has 124 valence electrons. The third kappa shape index (κ3) is 3.02. The van der Waals surface area contributed by atoms with Crippen LogP contribution >= 0.6 is 11.6 Å². The van der Waals surface area contributed by atoms with E-state index in [2.05, 4.69) is 0 Å². The lowest BCUT2D eigenvalue weighted by atomic mass is 10.1. The van der Waals surface area contributed by atoms with E-state index in [9.17, 15) is 9.59 Å². The first-order chi connectivity index (χ1) is 11.5. The minimum absolute atomic E-state index is 0.378. The Bertz CT molecular complexity index is 796. The van der Waals surface area contributed by atoms with Crippen LogP contribution in [0.1, 0.15) is 27.9 Å². The first kappa shape index (κ1) is 16.5. The lowest BCUT2D eigenvalue weighted by molar-refractivity contribution is -0.114. The Balaban J connectivity index is 1.64. The average molecular weight is 344 g/mol. The van der Waals surface area contributed by atoms with Crippen molar-refractivity contribution in [3.63, 3.8) is 0 Å². The van der Waals surface area contributed by atoms with E-state index in [4.69, 9.17) is 16.3 Å². The average Bonchev–Trinajstić information content (AvgIpc) is 2.78. The number of hydrogen-bond acceptors (Lipinski definition) is 3. The predicted octanol–water partition coefficient (Wildman–Crippen LogP) is 3.96. The van der Waals surface area contributed by atoms with E-state index in [1.165, 1.54) is 4.90 Å². The largest absolute Gasteiger partial charge is 0.493 e. The number of hydrogen-bond donors (Lipinski definition) is 0. The fourth-order valence-electron chi connectivity index (χ4n) is 2.92. The molecule has 1 aliphatic rings. The minimum atomic E-state index is -0.501. The number of ketones is 1. The van der Waals surface area contributed by atoms with Crippen molar-refractivity contribution in [2.75, 3.05) is 18.1 Å². The Morgan fingerprint density at radius 3 is 2.50 bits per heavy atom. The van der Waals surface area contributed by atoms with Crippen LogP contribution in [0.4, 0.5) is 5.69 Å². The van der Waals surface area contributed by atoms with Crippen LogP contribution in [0.25, 0.3) is 0 Å². The van der Waals surface area contributed by atoms with Crippen LogP contribution in [0.15, 0.2) is 36.4 Å². The number of carbonyl (C=O) groups excluding carboxylic acids is 2. The first-order valence-corrected chi connectivity index (χ1v) is 8.21. The molecular weight excluding hydrogens is 326 g/mol. The molecule has 5 heteroatoms. The molecule has 0 aliphatic carbocycles. The Morgan fingerprint density at radius 1 is 1.08 bits per heavy atom. The maximum atomic E-state index is 12.1. The molecule has 0 unspecified atom stereocenters. The zero-order valence-electron chi connectivity index (χ0n) is 13.6. The van der Waals surface area contributed by atoms with E-state index in [-0.39, 0.29) is 0 Å². The standard InChI is InChI=1S/C19H18ClNO3/c1-12-5-3-6-13(2)18(12)24-10-4-9-21-16-8-7-14(20)11-15(16)17(22)19(21)23/h3,5-8,11H,4,9-10H2,1-2H3. The Morgan fingerprint density at radius 2 is 1.79 bits per heavy atom. The monoisotopic (exact) mass is 343 g/mol. The van der Waals surface area contributed by atoms with Crippen LogP contribution in [-0.4, -0.2) is 24.8 Å². The number of carbonyl (C=O) groups is 2. The smallest absolute Gasteiger partial charge is 0.299 e. The maximum absolute atomic E-state index is 12.1. The Hall–Kier alpha value is -2.33. The molecule has 2 aromatic carbocycles. The number of nitrogens with zero attached hydrogens (tertiary/aromatic N) is 1. The number of anilines is 1. The number of amides is 1. The number of aryl methyl sites for hydroxylation is 2. The van der Waals surface area contributed by atoms with Gasteiger partial charge in [-0.2, -0.15) is 0 Å². The summed E-state index contributed by atoms with van der Waals surface area (Å²) in [5.41, 5.74) is 3.18. The molecule has 0 radical (unpaired) electrons. The van der Waals surface area contributed by atoms with Crippen LogP contribution in [0, 0.1) is 13.8 Å². The molecule has 0 atom stereocenters. The number of fused-ring (bicyclic) bond motifs is 1. The number of ether oxygens (including phenoxy) is 1. The zero-order valence-corrected chi connectivity index (χ0v) is 14.4. The second-order valence-electron chi connectivity index (χ2n) is 5.87. The lowest BCUT2D eigenvalue weighted by Gasteiger charge is -2.17. The molecule has 0 N–H and O–H groups in total. The SMILES string of the molecule is Cc1cccc(C)c1OCCCN1C(=O)C(=O)c2cc(Cl)ccc21. The molecule has 0 aromatic heterocycles. The summed E-state index contributed by atoms with van der Waals surface area (Å²) in [5.74, 6) is -0.115. The quantitative estimate of drug-likeness (QED) is 0.610. The van der Waals surface area contributed by atoms with Gasteiger partial charge in [0.2, 0.25) is 0 Å². The summed E-state index contributed by atoms with van der Waals surface area (Å²) < 4.78 is 5.85. The van der Waals surface area contributed by atoms with Gasteiger partial charge in [-0.1, -0.05) is 29.8 Å². The lowest BCUT2D eigenvalue weighted by Crippen LogP contribution is -2.31. The third-order valence-electron chi connectivity index (χ3n) is 4.11. The summed E-state index contributed by atoms with van der Waals surface area (Å²) in [4.78, 5) is 25.7. The summed E-state index contributed by atoms with van der Waals surface area (Å²) in [6.45, 7) is 4.92. The first-order valence-electron chi connectivity index (χ1n) is 7.84. The van der Waals surface area contributed by atoms with Gasteiger partial charge in [-0.25, -0.2) is 0 Å². The van der Waals surface area contributed by atoms with E-state index in [1.54, 1.807) is 18.2 Å². The van der Waals surface area contributed by atoms with Crippen molar-refractivity contribution in [2.24, 2.45) is 0 Å². The summed E-state index contributed by atoms with van der Waals surface area (Å²) >= 11 is 5.91. The van der Waals surface area contributed by atoms with Gasteiger partial charge in [-0.3, -0.25) is 9.59 Å². The topological polar surface area (TPSA) is 46.6 Å². The highest BCUT2D eigenvalue weighted by Gasteiger charge is 2.35. The number of halogens is 1. The van der Waals surface area contributed by atoms with Crippen LogP contribution in [0.3, 0.4) is 0 Å². The Labute approximate surface area is 146 Å². The van der Waals surface area contributed by atoms with E-state index in [1.807, 2.05) is 32.0 Å². The van der Waals surface area contributed by atoms with Gasteiger partial charge < -0.3 is 9.64 Å². The van der Waals surface area contributed by atoms with Crippen LogP contribution in [0.5, 0.6) is 5.75 Å². The highest BCUT2D eigenvalue weighted by molar-refractivity contribution is 6.52. The molecule has 0 saturated carbocycles. The number of rotatable bonds is 5. The van der Waals surface area contributed by atoms with Crippen molar-refractivity contribution in [3.05, 3.63) is 58.1 Å². The van der Waals surface area contributed by atoms with Gasteiger partial charge in [0.05, 0.1) is 17.9 Å². The van der Waals surface area contributed by atoms with Crippen LogP contribution in [0.2, 0.25) is 5.02 Å². The fraction of sp³-hybridized carbons (Fsp3) is 0.263. The van der Waals surface area contributed by atoms with E-state index >= 15 is 0 Å². The molecule has 1 amide bonds. The number of para-hydroxylation sites is 1. The van der Waals surface area contributed by atoms with E-state index < -0.39 is 11.7 Å². The molecule has 0 bridgehead atoms. The normalized spacial score (nSPS) is 13.4. The van der Waals surface area contributed by atoms with Crippen molar-refractivity contribution in [1.29, 1.82) is 0 Å². The molecule has 2 aromatic rings. The second-order valence-corrected chi connectivity index (χ2v) is 6.31. The molecule has 1 aliphatic heterocycles. The van der Waals surface area contributed by atoms with E-state index in [0.29, 0.717) is 35.8 Å². The molecule has 0 fully saturated rings. The van der Waals surface area contributed by atoms with Gasteiger partial charge >= 0.3 is 0 Å². The molecule has 24 heavy (non-hydrogen) atoms. The van der Waals surface area contributed by atoms with Gasteiger partial charge in [0, 0.05) is 11.6 Å². The number of benzene rings is 2. The molecule has 4 nitrogen and oxygen atoms in total. The summed E-state index contributed by atoms with van der Waals surface area (Å²) in [5, 5.41) is 0.454. The maximum Gasteiger partial charge on any atom is 0.299 e. The minimum Gasteiger partial charge on any atom is -0.493 e. The molecule has 1 heterocycles. The Kier molecular flexibility index (Phi) is 4.58. The van der Waals surface area contributed by atoms with Crippen LogP contribution in [-0.2, 0) is 4.79 Å². The second kappa shape index (κ2) is 6.65. The highest BCUT2D eigenvalue weighted by atomic mass is 35.5. The predicted molar refractivity (Wildman–Crippen MR) is 94.2 cm³/mol. The van der Waals surface area contributed by atoms with Crippen molar-refractivity contribution in [3.8, 4) is 5.75 Å². The molecular formula is C19H18ClNO3. The van der Waals surface area contributed by atoms with Gasteiger partial charge in [0.15, 0.2) is 0 Å². The van der Waals surface area contributed by atoms with E-state index in [0.717, 1.165) is 16.9 Å². The zero-order chi connectivity index (χ0) is 17.3. The molecule has 3 rings (SSSR count). The van der Waals surface area contributed by atoms with Crippen molar-refractivity contribution in [1.82, 2.24) is 0 Å². The van der Waals surface area contributed by atoms with Gasteiger partial charge in [0.25, 0.3) is 11.7 Å². The van der Waals surface area contributed by atoms with Gasteiger partial charge in [-0.05, 0) is 49.6 Å². The van der Waals surface area contributed by atoms with Crippen molar-refractivity contribution >= 4 is 29.0 Å².